The third-order valence-electron chi connectivity index (χ3n) is 2.47. The van der Waals surface area contributed by atoms with Gasteiger partial charge in [0.15, 0.2) is 0 Å². The lowest BCUT2D eigenvalue weighted by Gasteiger charge is -2.05. The van der Waals surface area contributed by atoms with Crippen LogP contribution in [0.15, 0.2) is 27.6 Å². The Kier molecular flexibility index (Phi) is 3.26. The summed E-state index contributed by atoms with van der Waals surface area (Å²) >= 11 is 5.84. The van der Waals surface area contributed by atoms with Crippen molar-refractivity contribution in [1.29, 1.82) is 0 Å². The lowest BCUT2D eigenvalue weighted by molar-refractivity contribution is -0.147. The van der Waals surface area contributed by atoms with Crippen molar-refractivity contribution < 1.29 is 19.1 Å². The Morgan fingerprint density at radius 1 is 1.37 bits per heavy atom. The number of halogens is 1. The molecule has 19 heavy (non-hydrogen) atoms. The fourth-order valence-corrected chi connectivity index (χ4v) is 1.91. The molecule has 6 nitrogen and oxygen atoms in total. The number of nitrogens with one attached hydrogen (secondary N) is 1. The molecule has 1 amide bonds. The van der Waals surface area contributed by atoms with Crippen LogP contribution in [0.3, 0.4) is 0 Å². The molecule has 0 bridgehead atoms. The summed E-state index contributed by atoms with van der Waals surface area (Å²) in [5.74, 6) is -3.01. The largest absolute Gasteiger partial charge is 0.474 e. The molecule has 0 spiro atoms. The summed E-state index contributed by atoms with van der Waals surface area (Å²) in [5.41, 5.74) is 0.196. The number of rotatable bonds is 1. The van der Waals surface area contributed by atoms with Gasteiger partial charge in [0.05, 0.1) is 5.39 Å². The van der Waals surface area contributed by atoms with E-state index in [9.17, 15) is 14.4 Å². The van der Waals surface area contributed by atoms with Gasteiger partial charge in [-0.2, -0.15) is 0 Å². The maximum Gasteiger partial charge on any atom is 0.394 e. The van der Waals surface area contributed by atoms with Crippen LogP contribution in [0.5, 0.6) is 0 Å². The third-order valence-corrected chi connectivity index (χ3v) is 2.68. The van der Waals surface area contributed by atoms with Gasteiger partial charge >= 0.3 is 11.9 Å². The monoisotopic (exact) mass is 281 g/mol. The van der Waals surface area contributed by atoms with Gasteiger partial charge < -0.3 is 14.8 Å². The van der Waals surface area contributed by atoms with Gasteiger partial charge in [-0.1, -0.05) is 11.6 Å². The highest BCUT2D eigenvalue weighted by atomic mass is 35.5. The van der Waals surface area contributed by atoms with Gasteiger partial charge in [-0.25, -0.2) is 4.79 Å². The zero-order valence-corrected chi connectivity index (χ0v) is 10.4. The average molecular weight is 282 g/mol. The van der Waals surface area contributed by atoms with Crippen molar-refractivity contribution in [3.05, 3.63) is 39.2 Å². The molecule has 1 aromatic heterocycles. The Bertz CT molecular complexity index is 750. The van der Waals surface area contributed by atoms with Crippen LogP contribution in [0, 0.1) is 6.92 Å². The van der Waals surface area contributed by atoms with Crippen LogP contribution in [0.4, 0.5) is 5.69 Å². The van der Waals surface area contributed by atoms with Crippen LogP contribution in [0.2, 0.25) is 5.02 Å². The minimum Gasteiger partial charge on any atom is -0.474 e. The van der Waals surface area contributed by atoms with Crippen LogP contribution in [0.25, 0.3) is 11.0 Å². The molecule has 2 aromatic rings. The molecule has 98 valence electrons. The SMILES string of the molecule is Cc1cc(Cl)cc2c(=O)c(NC(=O)C(=O)O)coc12. The molecule has 7 heteroatoms. The summed E-state index contributed by atoms with van der Waals surface area (Å²) < 4.78 is 5.22. The number of aryl methyl sites for hydroxylation is 1. The number of fused-ring (bicyclic) bond motifs is 1. The van der Waals surface area contributed by atoms with Crippen LogP contribution in [0.1, 0.15) is 5.56 Å². The zero-order chi connectivity index (χ0) is 14.2. The predicted octanol–water partition coefficient (Wildman–Crippen LogP) is 1.78. The second-order valence-corrected chi connectivity index (χ2v) is 4.27. The van der Waals surface area contributed by atoms with E-state index < -0.39 is 17.3 Å². The smallest absolute Gasteiger partial charge is 0.394 e. The van der Waals surface area contributed by atoms with E-state index in [4.69, 9.17) is 21.1 Å². The molecule has 0 unspecified atom stereocenters. The van der Waals surface area contributed by atoms with Gasteiger partial charge in [0.2, 0.25) is 5.43 Å². The van der Waals surface area contributed by atoms with Crippen LogP contribution in [-0.2, 0) is 9.59 Å². The number of amides is 1. The van der Waals surface area contributed by atoms with Crippen LogP contribution < -0.4 is 10.7 Å². The molecule has 2 rings (SSSR count). The molecule has 0 fully saturated rings. The molecule has 1 aromatic carbocycles. The Morgan fingerprint density at radius 2 is 2.05 bits per heavy atom. The third kappa shape index (κ3) is 2.43. The van der Waals surface area contributed by atoms with Crippen molar-refractivity contribution in [2.45, 2.75) is 6.92 Å². The summed E-state index contributed by atoms with van der Waals surface area (Å²) in [4.78, 5) is 33.5. The first kappa shape index (κ1) is 13.1. The first-order valence-electron chi connectivity index (χ1n) is 5.16. The quantitative estimate of drug-likeness (QED) is 0.777. The maximum atomic E-state index is 12.1. The van der Waals surface area contributed by atoms with Gasteiger partial charge in [-0.05, 0) is 24.6 Å². The highest BCUT2D eigenvalue weighted by Crippen LogP contribution is 2.22. The predicted molar refractivity (Wildman–Crippen MR) is 68.5 cm³/mol. The molecule has 0 radical (unpaired) electrons. The molecule has 0 aliphatic carbocycles. The minimum atomic E-state index is -1.69. The van der Waals surface area contributed by atoms with Crippen molar-refractivity contribution in [2.75, 3.05) is 5.32 Å². The summed E-state index contributed by atoms with van der Waals surface area (Å²) in [6, 6.07) is 3.02. The number of carbonyl (C=O) groups excluding carboxylic acids is 1. The van der Waals surface area contributed by atoms with Gasteiger partial charge in [0.1, 0.15) is 17.5 Å². The van der Waals surface area contributed by atoms with Crippen LogP contribution in [-0.4, -0.2) is 17.0 Å². The molecule has 0 saturated heterocycles. The Balaban J connectivity index is 2.61. The van der Waals surface area contributed by atoms with Gasteiger partial charge in [-0.15, -0.1) is 0 Å². The van der Waals surface area contributed by atoms with Crippen molar-refractivity contribution in [3.63, 3.8) is 0 Å². The lowest BCUT2D eigenvalue weighted by Crippen LogP contribution is -2.25. The minimum absolute atomic E-state index is 0.174. The molecule has 0 aliphatic rings. The van der Waals surface area contributed by atoms with E-state index in [1.54, 1.807) is 13.0 Å². The first-order chi connectivity index (χ1) is 8.90. The van der Waals surface area contributed by atoms with E-state index in [0.717, 1.165) is 6.26 Å². The van der Waals surface area contributed by atoms with E-state index in [-0.39, 0.29) is 11.1 Å². The van der Waals surface area contributed by atoms with Crippen molar-refractivity contribution in [3.8, 4) is 0 Å². The summed E-state index contributed by atoms with van der Waals surface area (Å²) in [7, 11) is 0. The molecular weight excluding hydrogens is 274 g/mol. The standard InChI is InChI=1S/C12H8ClNO5/c1-5-2-6(13)3-7-9(15)8(4-19-10(5)7)14-11(16)12(17)18/h2-4H,1H3,(H,14,16)(H,17,18). The number of hydrogen-bond acceptors (Lipinski definition) is 4. The Labute approximate surface area is 111 Å². The van der Waals surface area contributed by atoms with E-state index in [2.05, 4.69) is 0 Å². The lowest BCUT2D eigenvalue weighted by atomic mass is 10.1. The molecule has 1 heterocycles. The average Bonchev–Trinajstić information content (AvgIpc) is 2.33. The Hall–Kier alpha value is -2.34. The van der Waals surface area contributed by atoms with Crippen molar-refractivity contribution in [1.82, 2.24) is 0 Å². The number of carbonyl (C=O) groups is 2. The molecule has 0 saturated carbocycles. The normalized spacial score (nSPS) is 10.4. The van der Waals surface area contributed by atoms with Crippen molar-refractivity contribution in [2.24, 2.45) is 0 Å². The molecule has 0 atom stereocenters. The number of aliphatic carboxylic acids is 1. The van der Waals surface area contributed by atoms with Gasteiger partial charge in [0.25, 0.3) is 0 Å². The van der Waals surface area contributed by atoms with Gasteiger partial charge in [-0.3, -0.25) is 9.59 Å². The molecular formula is C12H8ClNO5. The van der Waals surface area contributed by atoms with Gasteiger partial charge in [0, 0.05) is 5.02 Å². The highest BCUT2D eigenvalue weighted by Gasteiger charge is 2.16. The summed E-state index contributed by atoms with van der Waals surface area (Å²) in [6.07, 6.45) is 1.01. The van der Waals surface area contributed by atoms with E-state index in [1.807, 2.05) is 5.32 Å². The fraction of sp³-hybridized carbons (Fsp3) is 0.0833. The van der Waals surface area contributed by atoms with Crippen molar-refractivity contribution >= 4 is 40.1 Å². The molecule has 0 aliphatic heterocycles. The second-order valence-electron chi connectivity index (χ2n) is 3.84. The van der Waals surface area contributed by atoms with E-state index >= 15 is 0 Å². The number of anilines is 1. The van der Waals surface area contributed by atoms with Crippen LogP contribution >= 0.6 is 11.6 Å². The summed E-state index contributed by atoms with van der Waals surface area (Å²) in [5, 5.41) is 10.9. The zero-order valence-electron chi connectivity index (χ0n) is 9.69. The second kappa shape index (κ2) is 4.74. The number of hydrogen-bond donors (Lipinski definition) is 2. The molecule has 2 N–H and O–H groups in total. The first-order valence-corrected chi connectivity index (χ1v) is 5.54. The highest BCUT2D eigenvalue weighted by molar-refractivity contribution is 6.36. The Morgan fingerprint density at radius 3 is 2.68 bits per heavy atom. The number of carboxylic acid groups (broad SMARTS) is 1. The number of benzene rings is 1. The fourth-order valence-electron chi connectivity index (χ4n) is 1.63. The topological polar surface area (TPSA) is 96.6 Å². The van der Waals surface area contributed by atoms with E-state index in [0.29, 0.717) is 16.2 Å². The summed E-state index contributed by atoms with van der Waals surface area (Å²) in [6.45, 7) is 1.71. The van der Waals surface area contributed by atoms with E-state index in [1.165, 1.54) is 6.07 Å². The number of carboxylic acids is 1. The maximum absolute atomic E-state index is 12.1.